The van der Waals surface area contributed by atoms with Gasteiger partial charge in [-0.3, -0.25) is 0 Å². The van der Waals surface area contributed by atoms with Crippen LogP contribution in [0.1, 0.15) is 6.92 Å². The lowest BCUT2D eigenvalue weighted by Crippen LogP contribution is -1.94. The summed E-state index contributed by atoms with van der Waals surface area (Å²) < 4.78 is 4.64. The zero-order valence-corrected chi connectivity index (χ0v) is 3.69. The third-order valence-electron chi connectivity index (χ3n) is 0.402. The smallest absolute Gasteiger partial charge is 0.0544 e. The van der Waals surface area contributed by atoms with Crippen molar-refractivity contribution in [3.05, 3.63) is 6.92 Å². The Morgan fingerprint density at radius 1 is 1.80 bits per heavy atom. The van der Waals surface area contributed by atoms with Crippen LogP contribution in [-0.4, -0.2) is 13.2 Å². The van der Waals surface area contributed by atoms with Crippen LogP contribution in [0.2, 0.25) is 0 Å². The zero-order valence-electron chi connectivity index (χ0n) is 3.69. The highest BCUT2D eigenvalue weighted by molar-refractivity contribution is 4.44. The van der Waals surface area contributed by atoms with E-state index in [1.807, 2.05) is 6.92 Å². The molecule has 0 unspecified atom stereocenters. The minimum absolute atomic E-state index is 0.134. The van der Waals surface area contributed by atoms with Crippen molar-refractivity contribution in [1.82, 2.24) is 0 Å². The Kier molecular flexibility index (Phi) is 2.19. The Hall–Kier alpha value is -0.0400. The molecule has 1 radical (unpaired) electrons. The maximum Gasteiger partial charge on any atom is 0.0544 e. The predicted molar refractivity (Wildman–Crippen MR) is 21.8 cm³/mol. The Morgan fingerprint density at radius 2 is 2.00 bits per heavy atom. The Balaban J connectivity index is 2.54. The van der Waals surface area contributed by atoms with Crippen LogP contribution < -0.4 is 0 Å². The number of rotatable bonds is 1. The Bertz CT molecular complexity index is 17.6. The third-order valence-corrected chi connectivity index (χ3v) is 0.402. The normalized spacial score (nSPS) is 9.60. The van der Waals surface area contributed by atoms with E-state index in [1.54, 1.807) is 7.11 Å². The highest BCUT2D eigenvalue weighted by Gasteiger charge is 1.79. The fourth-order valence-electron chi connectivity index (χ4n) is 0. The average Bonchev–Trinajstić information content (AvgIpc) is 1.38. The summed E-state index contributed by atoms with van der Waals surface area (Å²) in [5.74, 6) is 0. The second kappa shape index (κ2) is 2.21. The second-order valence-electron chi connectivity index (χ2n) is 1.05. The molecule has 1 heteroatoms. The van der Waals surface area contributed by atoms with Gasteiger partial charge < -0.3 is 4.74 Å². The van der Waals surface area contributed by atoms with Gasteiger partial charge in [0.1, 0.15) is 0 Å². The first-order valence-corrected chi connectivity index (χ1v) is 1.63. The van der Waals surface area contributed by atoms with E-state index in [2.05, 4.69) is 11.7 Å². The van der Waals surface area contributed by atoms with Crippen molar-refractivity contribution in [3.63, 3.8) is 0 Å². The SMILES string of the molecule is [CH2][C@H](C)OC. The van der Waals surface area contributed by atoms with Gasteiger partial charge in [0.2, 0.25) is 0 Å². The van der Waals surface area contributed by atoms with Gasteiger partial charge in [-0.05, 0) is 13.8 Å². The van der Waals surface area contributed by atoms with Gasteiger partial charge in [0, 0.05) is 7.11 Å². The molecule has 0 saturated heterocycles. The number of hydrogen-bond donors (Lipinski definition) is 0. The van der Waals surface area contributed by atoms with Crippen LogP contribution in [0, 0.1) is 6.92 Å². The highest BCUT2D eigenvalue weighted by Crippen LogP contribution is 1.76. The van der Waals surface area contributed by atoms with Gasteiger partial charge >= 0.3 is 0 Å². The molecular weight excluding hydrogens is 64.0 g/mol. The molecule has 0 heterocycles. The molecule has 1 atom stereocenters. The van der Waals surface area contributed by atoms with Crippen molar-refractivity contribution in [2.75, 3.05) is 7.11 Å². The van der Waals surface area contributed by atoms with Gasteiger partial charge in [-0.2, -0.15) is 0 Å². The topological polar surface area (TPSA) is 9.23 Å². The molecule has 0 rings (SSSR count). The van der Waals surface area contributed by atoms with Crippen LogP contribution in [0.25, 0.3) is 0 Å². The highest BCUT2D eigenvalue weighted by atomic mass is 16.5. The first-order chi connectivity index (χ1) is 2.27. The maximum absolute atomic E-state index is 4.64. The molecule has 1 nitrogen and oxygen atoms in total. The first-order valence-electron chi connectivity index (χ1n) is 1.63. The van der Waals surface area contributed by atoms with Crippen molar-refractivity contribution in [2.45, 2.75) is 13.0 Å². The molecule has 0 aromatic carbocycles. The van der Waals surface area contributed by atoms with Crippen LogP contribution in [-0.2, 0) is 4.74 Å². The lowest BCUT2D eigenvalue weighted by Gasteiger charge is -1.94. The van der Waals surface area contributed by atoms with Crippen molar-refractivity contribution in [2.24, 2.45) is 0 Å². The summed E-state index contributed by atoms with van der Waals surface area (Å²) in [7, 11) is 1.64. The van der Waals surface area contributed by atoms with Crippen LogP contribution in [0.5, 0.6) is 0 Å². The lowest BCUT2D eigenvalue weighted by atomic mass is 10.5. The van der Waals surface area contributed by atoms with Crippen LogP contribution in [0.3, 0.4) is 0 Å². The molecule has 0 aromatic rings. The minimum Gasteiger partial charge on any atom is -0.382 e. The summed E-state index contributed by atoms with van der Waals surface area (Å²) in [5.41, 5.74) is 0. The van der Waals surface area contributed by atoms with E-state index in [-0.39, 0.29) is 6.10 Å². The fourth-order valence-corrected chi connectivity index (χ4v) is 0. The van der Waals surface area contributed by atoms with Crippen molar-refractivity contribution in [1.29, 1.82) is 0 Å². The monoisotopic (exact) mass is 73.1 g/mol. The van der Waals surface area contributed by atoms with E-state index in [0.717, 1.165) is 0 Å². The molecule has 0 N–H and O–H groups in total. The molecule has 0 aliphatic rings. The van der Waals surface area contributed by atoms with Gasteiger partial charge in [-0.25, -0.2) is 0 Å². The summed E-state index contributed by atoms with van der Waals surface area (Å²) in [5, 5.41) is 0. The zero-order chi connectivity index (χ0) is 4.28. The molecule has 5 heavy (non-hydrogen) atoms. The molecule has 31 valence electrons. The van der Waals surface area contributed by atoms with Crippen LogP contribution in [0.4, 0.5) is 0 Å². The number of ether oxygens (including phenoxy) is 1. The summed E-state index contributed by atoms with van der Waals surface area (Å²) >= 11 is 0. The quantitative estimate of drug-likeness (QED) is 0.447. The first kappa shape index (κ1) is 4.96. The van der Waals surface area contributed by atoms with Gasteiger partial charge in [-0.1, -0.05) is 0 Å². The standard InChI is InChI=1S/C4H9O/c1-4(2)5-3/h4H,1H2,2-3H3/t4-/m1/s1. The molecule has 0 bridgehead atoms. The Labute approximate surface area is 32.9 Å². The second-order valence-corrected chi connectivity index (χ2v) is 1.05. The minimum atomic E-state index is 0.134. The molecule has 0 saturated carbocycles. The maximum atomic E-state index is 4.64. The summed E-state index contributed by atoms with van der Waals surface area (Å²) in [6.45, 7) is 5.42. The molecule has 0 spiro atoms. The van der Waals surface area contributed by atoms with Crippen molar-refractivity contribution < 1.29 is 4.74 Å². The average molecular weight is 73.1 g/mol. The summed E-state index contributed by atoms with van der Waals surface area (Å²) in [6.07, 6.45) is 0.134. The third kappa shape index (κ3) is 3.96. The van der Waals surface area contributed by atoms with Gasteiger partial charge in [0.15, 0.2) is 0 Å². The molecule has 0 aromatic heterocycles. The van der Waals surface area contributed by atoms with Crippen LogP contribution >= 0.6 is 0 Å². The van der Waals surface area contributed by atoms with Crippen molar-refractivity contribution in [3.8, 4) is 0 Å². The molecule has 0 aliphatic carbocycles. The van der Waals surface area contributed by atoms with E-state index in [1.165, 1.54) is 0 Å². The van der Waals surface area contributed by atoms with E-state index in [4.69, 9.17) is 0 Å². The van der Waals surface area contributed by atoms with E-state index in [0.29, 0.717) is 0 Å². The van der Waals surface area contributed by atoms with E-state index in [9.17, 15) is 0 Å². The van der Waals surface area contributed by atoms with Gasteiger partial charge in [0.25, 0.3) is 0 Å². The number of methoxy groups -OCH3 is 1. The summed E-state index contributed by atoms with van der Waals surface area (Å²) in [6, 6.07) is 0. The van der Waals surface area contributed by atoms with E-state index < -0.39 is 0 Å². The fraction of sp³-hybridized carbons (Fsp3) is 0.750. The van der Waals surface area contributed by atoms with Crippen LogP contribution in [0.15, 0.2) is 0 Å². The molecule has 0 fully saturated rings. The van der Waals surface area contributed by atoms with Gasteiger partial charge in [-0.15, -0.1) is 0 Å². The molecule has 0 aliphatic heterocycles. The molecular formula is C4H9O. The van der Waals surface area contributed by atoms with Gasteiger partial charge in [0.05, 0.1) is 6.10 Å². The number of hydrogen-bond acceptors (Lipinski definition) is 1. The largest absolute Gasteiger partial charge is 0.382 e. The molecule has 0 amide bonds. The van der Waals surface area contributed by atoms with Crippen molar-refractivity contribution >= 4 is 0 Å². The summed E-state index contributed by atoms with van der Waals surface area (Å²) in [4.78, 5) is 0. The van der Waals surface area contributed by atoms with E-state index >= 15 is 0 Å². The lowest BCUT2D eigenvalue weighted by molar-refractivity contribution is 0.154. The predicted octanol–water partition coefficient (Wildman–Crippen LogP) is 0.855. The Morgan fingerprint density at radius 3 is 2.00 bits per heavy atom.